The molecule has 2 N–H and O–H groups in total. The molecule has 0 aliphatic rings. The molecule has 1 aromatic heterocycles. The normalized spacial score (nSPS) is 10.9. The van der Waals surface area contributed by atoms with E-state index in [0.717, 1.165) is 11.3 Å². The van der Waals surface area contributed by atoms with Crippen LogP contribution in [0.3, 0.4) is 0 Å². The number of carbonyl (C=O) groups is 1. The molecule has 1 heterocycles. The van der Waals surface area contributed by atoms with Crippen molar-refractivity contribution >= 4 is 58.3 Å². The summed E-state index contributed by atoms with van der Waals surface area (Å²) in [6, 6.07) is 6.08. The molecule has 8 heteroatoms. The zero-order chi connectivity index (χ0) is 14.7. The highest BCUT2D eigenvalue weighted by atomic mass is 35.5. The van der Waals surface area contributed by atoms with Gasteiger partial charge in [0.1, 0.15) is 5.75 Å². The second-order valence-corrected chi connectivity index (χ2v) is 6.19. The summed E-state index contributed by atoms with van der Waals surface area (Å²) in [4.78, 5) is 12.1. The number of carbonyl (C=O) groups excluding carboxylic acids is 1. The monoisotopic (exact) mass is 348 g/mol. The summed E-state index contributed by atoms with van der Waals surface area (Å²) in [7, 11) is 0. The third-order valence-electron chi connectivity index (χ3n) is 2.22. The number of aromatic hydroxyl groups is 1. The number of benzene rings is 1. The smallest absolute Gasteiger partial charge is 0.281 e. The maximum absolute atomic E-state index is 11.7. The van der Waals surface area contributed by atoms with Gasteiger partial charge in [-0.25, -0.2) is 5.43 Å². The number of phenolic OH excluding ortho intramolecular Hbond substituents is 1. The van der Waals surface area contributed by atoms with E-state index in [0.29, 0.717) is 19.8 Å². The molecule has 0 saturated heterocycles. The molecule has 0 atom stereocenters. The van der Waals surface area contributed by atoms with Gasteiger partial charge in [0.15, 0.2) is 0 Å². The van der Waals surface area contributed by atoms with Crippen molar-refractivity contribution < 1.29 is 9.90 Å². The summed E-state index contributed by atoms with van der Waals surface area (Å²) in [5, 5.41) is 13.9. The number of nitrogens with zero attached hydrogens (tertiary/aromatic N) is 1. The van der Waals surface area contributed by atoms with Crippen LogP contribution >= 0.6 is 46.1 Å². The lowest BCUT2D eigenvalue weighted by Gasteiger charge is -2.02. The molecule has 0 aliphatic heterocycles. The maximum Gasteiger partial charge on any atom is 0.281 e. The molecule has 0 unspecified atom stereocenters. The molecule has 0 spiro atoms. The van der Waals surface area contributed by atoms with Gasteiger partial charge >= 0.3 is 0 Å². The van der Waals surface area contributed by atoms with Crippen LogP contribution in [-0.4, -0.2) is 17.2 Å². The zero-order valence-electron chi connectivity index (χ0n) is 9.73. The number of phenols is 1. The predicted octanol–water partition coefficient (Wildman–Crippen LogP) is 4.18. The molecule has 2 aromatic rings. The SMILES string of the molecule is O=C(NN=Cc1cc(Cl)cc(Cl)c1O)c1ccc(Cl)s1. The molecule has 104 valence electrons. The van der Waals surface area contributed by atoms with Crippen LogP contribution in [0.5, 0.6) is 5.75 Å². The van der Waals surface area contributed by atoms with E-state index in [1.807, 2.05) is 0 Å². The molecule has 0 aliphatic carbocycles. The minimum Gasteiger partial charge on any atom is -0.506 e. The minimum absolute atomic E-state index is 0.107. The van der Waals surface area contributed by atoms with Crippen LogP contribution in [-0.2, 0) is 0 Å². The molecule has 1 aromatic carbocycles. The fraction of sp³-hybridized carbons (Fsp3) is 0. The number of halogens is 3. The fourth-order valence-electron chi connectivity index (χ4n) is 1.34. The van der Waals surface area contributed by atoms with Crippen molar-refractivity contribution in [3.63, 3.8) is 0 Å². The molecule has 1 amide bonds. The number of amides is 1. The van der Waals surface area contributed by atoms with E-state index < -0.39 is 5.91 Å². The van der Waals surface area contributed by atoms with Gasteiger partial charge in [-0.1, -0.05) is 34.8 Å². The van der Waals surface area contributed by atoms with Crippen molar-refractivity contribution in [2.24, 2.45) is 5.10 Å². The van der Waals surface area contributed by atoms with Crippen LogP contribution in [0.25, 0.3) is 0 Å². The topological polar surface area (TPSA) is 61.7 Å². The minimum atomic E-state index is -0.397. The molecule has 20 heavy (non-hydrogen) atoms. The summed E-state index contributed by atoms with van der Waals surface area (Å²) in [6.07, 6.45) is 1.25. The molecular formula is C12H7Cl3N2O2S. The molecule has 0 saturated carbocycles. The van der Waals surface area contributed by atoms with E-state index in [1.165, 1.54) is 18.3 Å². The number of hydrogen-bond acceptors (Lipinski definition) is 4. The summed E-state index contributed by atoms with van der Waals surface area (Å²) in [5.41, 5.74) is 2.61. The van der Waals surface area contributed by atoms with Gasteiger partial charge in [-0.3, -0.25) is 4.79 Å². The number of nitrogens with one attached hydrogen (secondary N) is 1. The Bertz CT molecular complexity index is 685. The maximum atomic E-state index is 11.7. The second-order valence-electron chi connectivity index (χ2n) is 3.63. The fourth-order valence-corrected chi connectivity index (χ4v) is 2.78. The number of rotatable bonds is 3. The van der Waals surface area contributed by atoms with Crippen molar-refractivity contribution in [3.05, 3.63) is 49.1 Å². The Kier molecular flexibility index (Phi) is 4.88. The van der Waals surface area contributed by atoms with Crippen molar-refractivity contribution in [2.75, 3.05) is 0 Å². The lowest BCUT2D eigenvalue weighted by atomic mass is 10.2. The highest BCUT2D eigenvalue weighted by molar-refractivity contribution is 7.17. The third kappa shape index (κ3) is 3.64. The van der Waals surface area contributed by atoms with Crippen molar-refractivity contribution in [1.29, 1.82) is 0 Å². The van der Waals surface area contributed by atoms with Crippen molar-refractivity contribution in [3.8, 4) is 5.75 Å². The predicted molar refractivity (Wildman–Crippen MR) is 82.5 cm³/mol. The first-order chi connectivity index (χ1) is 9.47. The zero-order valence-corrected chi connectivity index (χ0v) is 12.8. The van der Waals surface area contributed by atoms with Gasteiger partial charge in [0, 0.05) is 10.6 Å². The average Bonchev–Trinajstić information content (AvgIpc) is 2.81. The number of hydrogen-bond donors (Lipinski definition) is 2. The largest absolute Gasteiger partial charge is 0.506 e. The van der Waals surface area contributed by atoms with Crippen LogP contribution in [0.4, 0.5) is 0 Å². The molecule has 0 fully saturated rings. The van der Waals surface area contributed by atoms with Crippen LogP contribution in [0.1, 0.15) is 15.2 Å². The Morgan fingerprint density at radius 3 is 2.70 bits per heavy atom. The van der Waals surface area contributed by atoms with Gasteiger partial charge in [-0.05, 0) is 24.3 Å². The quantitative estimate of drug-likeness (QED) is 0.645. The number of hydrazone groups is 1. The Morgan fingerprint density at radius 2 is 2.05 bits per heavy atom. The molecule has 0 radical (unpaired) electrons. The first-order valence-electron chi connectivity index (χ1n) is 5.24. The summed E-state index contributed by atoms with van der Waals surface area (Å²) in [5.74, 6) is -0.556. The van der Waals surface area contributed by atoms with Gasteiger partial charge in [0.25, 0.3) is 5.91 Å². The van der Waals surface area contributed by atoms with Gasteiger partial charge in [0.05, 0.1) is 20.5 Å². The highest BCUT2D eigenvalue weighted by Crippen LogP contribution is 2.29. The third-order valence-corrected chi connectivity index (χ3v) is 3.96. The second kappa shape index (κ2) is 6.45. The molecule has 0 bridgehead atoms. The van der Waals surface area contributed by atoms with Crippen molar-refractivity contribution in [2.45, 2.75) is 0 Å². The highest BCUT2D eigenvalue weighted by Gasteiger charge is 2.08. The van der Waals surface area contributed by atoms with E-state index in [4.69, 9.17) is 34.8 Å². The van der Waals surface area contributed by atoms with Crippen LogP contribution in [0.2, 0.25) is 14.4 Å². The van der Waals surface area contributed by atoms with E-state index in [1.54, 1.807) is 12.1 Å². The van der Waals surface area contributed by atoms with Crippen LogP contribution < -0.4 is 5.43 Å². The Morgan fingerprint density at radius 1 is 1.30 bits per heavy atom. The van der Waals surface area contributed by atoms with Gasteiger partial charge in [-0.2, -0.15) is 5.10 Å². The lowest BCUT2D eigenvalue weighted by Crippen LogP contribution is -2.16. The summed E-state index contributed by atoms with van der Waals surface area (Å²) < 4.78 is 0.512. The number of thiophene rings is 1. The first kappa shape index (κ1) is 15.1. The Balaban J connectivity index is 2.09. The summed E-state index contributed by atoms with van der Waals surface area (Å²) >= 11 is 18.4. The van der Waals surface area contributed by atoms with Gasteiger partial charge < -0.3 is 5.11 Å². The van der Waals surface area contributed by atoms with Gasteiger partial charge in [-0.15, -0.1) is 11.3 Å². The van der Waals surface area contributed by atoms with E-state index in [-0.39, 0.29) is 10.8 Å². The standard InChI is InChI=1S/C12H7Cl3N2O2S/c13-7-3-6(11(18)8(14)4-7)5-16-17-12(19)9-1-2-10(15)20-9/h1-5,18H,(H,17,19). The Hall–Kier alpha value is -1.27. The van der Waals surface area contributed by atoms with E-state index in [2.05, 4.69) is 10.5 Å². The molecule has 2 rings (SSSR count). The molecular weight excluding hydrogens is 343 g/mol. The lowest BCUT2D eigenvalue weighted by molar-refractivity contribution is 0.0959. The molecule has 4 nitrogen and oxygen atoms in total. The summed E-state index contributed by atoms with van der Waals surface area (Å²) in [6.45, 7) is 0. The van der Waals surface area contributed by atoms with Crippen LogP contribution in [0, 0.1) is 0 Å². The van der Waals surface area contributed by atoms with Crippen molar-refractivity contribution in [1.82, 2.24) is 5.43 Å². The Labute approximate surface area is 133 Å². The van der Waals surface area contributed by atoms with E-state index in [9.17, 15) is 9.90 Å². The van der Waals surface area contributed by atoms with Crippen LogP contribution in [0.15, 0.2) is 29.4 Å². The van der Waals surface area contributed by atoms with E-state index >= 15 is 0 Å². The van der Waals surface area contributed by atoms with Gasteiger partial charge in [0.2, 0.25) is 0 Å². The first-order valence-corrected chi connectivity index (χ1v) is 7.19. The average molecular weight is 350 g/mol.